The number of benzene rings is 1. The van der Waals surface area contributed by atoms with Crippen LogP contribution in [0.15, 0.2) is 18.2 Å². The van der Waals surface area contributed by atoms with Crippen LogP contribution in [0.5, 0.6) is 11.5 Å². The third-order valence-corrected chi connectivity index (χ3v) is 4.39. The molecule has 0 aliphatic rings. The molecule has 1 aromatic carbocycles. The second-order valence-electron chi connectivity index (χ2n) is 4.79. The van der Waals surface area contributed by atoms with Gasteiger partial charge in [-0.05, 0) is 38.5 Å². The Morgan fingerprint density at radius 1 is 1.12 bits per heavy atom. The van der Waals surface area contributed by atoms with Gasteiger partial charge in [0.2, 0.25) is 0 Å². The summed E-state index contributed by atoms with van der Waals surface area (Å²) < 4.78 is 22.2. The Kier molecular flexibility index (Phi) is 4.57. The Morgan fingerprint density at radius 3 is 2.18 bits per heavy atom. The normalized spacial score (nSPS) is 13.2. The Hall–Kier alpha value is -1.03. The Balaban J connectivity index is 2.90. The van der Waals surface area contributed by atoms with Gasteiger partial charge in [0.15, 0.2) is 11.5 Å². The van der Waals surface area contributed by atoms with E-state index in [0.29, 0.717) is 17.3 Å². The first-order valence-electron chi connectivity index (χ1n) is 5.48. The van der Waals surface area contributed by atoms with Crippen molar-refractivity contribution in [3.05, 3.63) is 23.8 Å². The first kappa shape index (κ1) is 14.0. The smallest absolute Gasteiger partial charge is 0.161 e. The van der Waals surface area contributed by atoms with Crippen LogP contribution in [-0.2, 0) is 16.6 Å². The molecule has 1 aromatic rings. The number of hydrogen-bond acceptors (Lipinski definition) is 3. The van der Waals surface area contributed by atoms with E-state index in [9.17, 15) is 4.21 Å². The van der Waals surface area contributed by atoms with E-state index < -0.39 is 10.8 Å². The fourth-order valence-electron chi connectivity index (χ4n) is 1.34. The summed E-state index contributed by atoms with van der Waals surface area (Å²) in [5.74, 6) is 1.90. The molecule has 0 N–H and O–H groups in total. The van der Waals surface area contributed by atoms with Crippen LogP contribution in [0.1, 0.15) is 26.3 Å². The molecule has 1 atom stereocenters. The van der Waals surface area contributed by atoms with Crippen LogP contribution < -0.4 is 9.47 Å². The van der Waals surface area contributed by atoms with Crippen LogP contribution in [0.2, 0.25) is 0 Å². The van der Waals surface area contributed by atoms with Crippen molar-refractivity contribution in [1.29, 1.82) is 0 Å². The zero-order valence-corrected chi connectivity index (χ0v) is 11.9. The fourth-order valence-corrected chi connectivity index (χ4v) is 2.25. The van der Waals surface area contributed by atoms with E-state index >= 15 is 0 Å². The van der Waals surface area contributed by atoms with Gasteiger partial charge >= 0.3 is 0 Å². The molecule has 0 amide bonds. The lowest BCUT2D eigenvalue weighted by molar-refractivity contribution is 0.354. The molecule has 0 aromatic heterocycles. The second-order valence-corrected chi connectivity index (χ2v) is 7.00. The Labute approximate surface area is 106 Å². The number of rotatable bonds is 4. The van der Waals surface area contributed by atoms with Crippen LogP contribution in [0.25, 0.3) is 0 Å². The van der Waals surface area contributed by atoms with Gasteiger partial charge in [-0.2, -0.15) is 0 Å². The second kappa shape index (κ2) is 5.54. The highest BCUT2D eigenvalue weighted by molar-refractivity contribution is 7.85. The summed E-state index contributed by atoms with van der Waals surface area (Å²) in [5, 5.41) is 0. The minimum Gasteiger partial charge on any atom is -0.493 e. The van der Waals surface area contributed by atoms with E-state index in [1.807, 2.05) is 39.0 Å². The summed E-state index contributed by atoms with van der Waals surface area (Å²) in [5.41, 5.74) is 0.996. The van der Waals surface area contributed by atoms with Crippen LogP contribution in [0, 0.1) is 0 Å². The summed E-state index contributed by atoms with van der Waals surface area (Å²) in [4.78, 5) is 0. The predicted octanol–water partition coefficient (Wildman–Crippen LogP) is 2.75. The van der Waals surface area contributed by atoms with Gasteiger partial charge in [0, 0.05) is 21.3 Å². The third-order valence-electron chi connectivity index (χ3n) is 2.43. The molecule has 0 saturated carbocycles. The van der Waals surface area contributed by atoms with Gasteiger partial charge in [-0.1, -0.05) is 6.07 Å². The van der Waals surface area contributed by atoms with E-state index in [1.165, 1.54) is 0 Å². The molecular weight excluding hydrogens is 236 g/mol. The maximum absolute atomic E-state index is 12.0. The summed E-state index contributed by atoms with van der Waals surface area (Å²) in [6, 6.07) is 5.64. The van der Waals surface area contributed by atoms with Gasteiger partial charge in [0.05, 0.1) is 14.2 Å². The average molecular weight is 256 g/mol. The molecule has 1 rings (SSSR count). The molecule has 0 bridgehead atoms. The highest BCUT2D eigenvalue weighted by atomic mass is 32.2. The van der Waals surface area contributed by atoms with E-state index in [4.69, 9.17) is 9.47 Å². The Bertz CT molecular complexity index is 408. The molecule has 0 saturated heterocycles. The van der Waals surface area contributed by atoms with Crippen LogP contribution in [-0.4, -0.2) is 23.2 Å². The van der Waals surface area contributed by atoms with Crippen LogP contribution in [0.4, 0.5) is 0 Å². The van der Waals surface area contributed by atoms with E-state index in [0.717, 1.165) is 5.56 Å². The van der Waals surface area contributed by atoms with Crippen molar-refractivity contribution < 1.29 is 13.7 Å². The zero-order chi connectivity index (χ0) is 13.1. The molecule has 0 aliphatic carbocycles. The van der Waals surface area contributed by atoms with Crippen molar-refractivity contribution in [2.24, 2.45) is 0 Å². The van der Waals surface area contributed by atoms with E-state index in [1.54, 1.807) is 14.2 Å². The summed E-state index contributed by atoms with van der Waals surface area (Å²) in [6.45, 7) is 5.93. The van der Waals surface area contributed by atoms with Gasteiger partial charge in [0.1, 0.15) is 0 Å². The summed E-state index contributed by atoms with van der Waals surface area (Å²) in [7, 11) is 2.30. The maximum atomic E-state index is 12.0. The molecule has 96 valence electrons. The fraction of sp³-hybridized carbons (Fsp3) is 0.538. The highest BCUT2D eigenvalue weighted by Gasteiger charge is 2.20. The van der Waals surface area contributed by atoms with Crippen molar-refractivity contribution in [2.75, 3.05) is 14.2 Å². The summed E-state index contributed by atoms with van der Waals surface area (Å²) >= 11 is 0. The highest BCUT2D eigenvalue weighted by Crippen LogP contribution is 2.28. The third kappa shape index (κ3) is 3.73. The quantitative estimate of drug-likeness (QED) is 0.831. The number of ether oxygens (including phenoxy) is 2. The zero-order valence-electron chi connectivity index (χ0n) is 11.1. The molecule has 0 spiro atoms. The van der Waals surface area contributed by atoms with E-state index in [2.05, 4.69) is 0 Å². The first-order chi connectivity index (χ1) is 7.88. The average Bonchev–Trinajstić information content (AvgIpc) is 2.27. The van der Waals surface area contributed by atoms with Gasteiger partial charge in [-0.25, -0.2) is 0 Å². The lowest BCUT2D eigenvalue weighted by atomic mass is 10.2. The standard InChI is InChI=1S/C13H20O3S/c1-13(2,3)17(14)9-10-6-7-11(15-4)12(8-10)16-5/h6-8H,9H2,1-5H3. The molecule has 17 heavy (non-hydrogen) atoms. The first-order valence-corrected chi connectivity index (χ1v) is 6.79. The van der Waals surface area contributed by atoms with Crippen molar-refractivity contribution in [3.8, 4) is 11.5 Å². The molecule has 4 heteroatoms. The minimum atomic E-state index is -0.903. The molecule has 1 unspecified atom stereocenters. The number of methoxy groups -OCH3 is 2. The van der Waals surface area contributed by atoms with Gasteiger partial charge in [-0.3, -0.25) is 4.21 Å². The van der Waals surface area contributed by atoms with Crippen molar-refractivity contribution in [1.82, 2.24) is 0 Å². The Morgan fingerprint density at radius 2 is 1.71 bits per heavy atom. The molecule has 3 nitrogen and oxygen atoms in total. The van der Waals surface area contributed by atoms with Crippen molar-refractivity contribution in [2.45, 2.75) is 31.3 Å². The van der Waals surface area contributed by atoms with Gasteiger partial charge < -0.3 is 9.47 Å². The van der Waals surface area contributed by atoms with Crippen LogP contribution >= 0.6 is 0 Å². The minimum absolute atomic E-state index is 0.201. The topological polar surface area (TPSA) is 35.5 Å². The molecule has 0 heterocycles. The SMILES string of the molecule is COc1ccc(CS(=O)C(C)(C)C)cc1OC. The monoisotopic (exact) mass is 256 g/mol. The lowest BCUT2D eigenvalue weighted by Gasteiger charge is -2.18. The molecule has 0 fully saturated rings. The van der Waals surface area contributed by atoms with Gasteiger partial charge in [-0.15, -0.1) is 0 Å². The molecule has 0 aliphatic heterocycles. The largest absolute Gasteiger partial charge is 0.493 e. The van der Waals surface area contributed by atoms with Crippen LogP contribution in [0.3, 0.4) is 0 Å². The molecule has 0 radical (unpaired) electrons. The van der Waals surface area contributed by atoms with Crippen molar-refractivity contribution in [3.63, 3.8) is 0 Å². The lowest BCUT2D eigenvalue weighted by Crippen LogP contribution is -2.22. The van der Waals surface area contributed by atoms with E-state index in [-0.39, 0.29) is 4.75 Å². The maximum Gasteiger partial charge on any atom is 0.161 e. The summed E-state index contributed by atoms with van der Waals surface area (Å²) in [6.07, 6.45) is 0. The van der Waals surface area contributed by atoms with Crippen molar-refractivity contribution >= 4 is 10.8 Å². The predicted molar refractivity (Wildman–Crippen MR) is 71.1 cm³/mol. The molecular formula is C13H20O3S. The number of hydrogen-bond donors (Lipinski definition) is 0. The van der Waals surface area contributed by atoms with Gasteiger partial charge in [0.25, 0.3) is 0 Å².